The van der Waals surface area contributed by atoms with Gasteiger partial charge in [0.25, 0.3) is 0 Å². The Morgan fingerprint density at radius 1 is 0.767 bits per heavy atom. The fraction of sp³-hybridized carbons (Fsp3) is 0.500. The van der Waals surface area contributed by atoms with Crippen molar-refractivity contribution in [1.29, 1.82) is 0 Å². The summed E-state index contributed by atoms with van der Waals surface area (Å²) in [6.45, 7) is 7.41. The first-order valence-electron chi connectivity index (χ1n) is 9.46. The van der Waals surface area contributed by atoms with Crippen molar-refractivity contribution in [3.05, 3.63) is 35.8 Å². The molecule has 30 heavy (non-hydrogen) atoms. The van der Waals surface area contributed by atoms with Crippen LogP contribution >= 0.6 is 0 Å². The molecule has 0 aliphatic carbocycles. The molecule has 164 valence electrons. The van der Waals surface area contributed by atoms with Crippen LogP contribution in [0.25, 0.3) is 0 Å². The van der Waals surface area contributed by atoms with Crippen LogP contribution in [0.15, 0.2) is 35.8 Å². The lowest BCUT2D eigenvalue weighted by molar-refractivity contribution is -0.118. The normalized spacial score (nSPS) is 21.9. The summed E-state index contributed by atoms with van der Waals surface area (Å²) in [6, 6.07) is 0. The van der Waals surface area contributed by atoms with E-state index >= 15 is 0 Å². The Bertz CT molecular complexity index is 742. The third-order valence-corrected chi connectivity index (χ3v) is 4.18. The lowest BCUT2D eigenvalue weighted by Gasteiger charge is -2.13. The average Bonchev–Trinajstić information content (AvgIpc) is 3.05. The molecule has 0 saturated carbocycles. The van der Waals surface area contributed by atoms with E-state index in [1.807, 2.05) is 0 Å². The Balaban J connectivity index is 1.64. The lowest BCUT2D eigenvalue weighted by atomic mass is 10.1. The molecule has 2 fully saturated rings. The van der Waals surface area contributed by atoms with Gasteiger partial charge < -0.3 is 29.6 Å². The molecule has 2 saturated heterocycles. The van der Waals surface area contributed by atoms with E-state index in [1.54, 1.807) is 39.8 Å². The predicted octanol–water partition coefficient (Wildman–Crippen LogP) is 2.21. The summed E-state index contributed by atoms with van der Waals surface area (Å²) in [7, 11) is 0. The Morgan fingerprint density at radius 3 is 1.43 bits per heavy atom. The van der Waals surface area contributed by atoms with Crippen LogP contribution in [0.4, 0.5) is 9.59 Å². The number of carbonyl (C=O) groups excluding carboxylic acids is 4. The molecule has 2 rings (SSSR count). The summed E-state index contributed by atoms with van der Waals surface area (Å²) < 4.78 is 19.9. The highest BCUT2D eigenvalue weighted by molar-refractivity contribution is 5.96. The average molecular weight is 422 g/mol. The van der Waals surface area contributed by atoms with E-state index in [-0.39, 0.29) is 0 Å². The lowest BCUT2D eigenvalue weighted by Crippen LogP contribution is -2.25. The van der Waals surface area contributed by atoms with Gasteiger partial charge in [-0.25, -0.2) is 9.59 Å². The largest absolute Gasteiger partial charge is 0.514 e. The molecule has 0 aromatic carbocycles. The van der Waals surface area contributed by atoms with E-state index in [9.17, 15) is 19.2 Å². The molecule has 0 atom stereocenters. The van der Waals surface area contributed by atoms with Crippen LogP contribution < -0.4 is 10.6 Å². The molecule has 2 amide bonds. The number of carbonyl (C=O) groups is 4. The fourth-order valence-electron chi connectivity index (χ4n) is 2.63. The Labute approximate surface area is 174 Å². The number of hydrogen-bond donors (Lipinski definition) is 2. The monoisotopic (exact) mass is 422 g/mol. The minimum Gasteiger partial charge on any atom is -0.420 e. The van der Waals surface area contributed by atoms with Gasteiger partial charge in [0.15, 0.2) is 22.7 Å². The van der Waals surface area contributed by atoms with E-state index in [0.29, 0.717) is 37.4 Å². The highest BCUT2D eigenvalue weighted by Crippen LogP contribution is 2.30. The topological polar surface area (TPSA) is 129 Å². The van der Waals surface area contributed by atoms with Crippen molar-refractivity contribution in [2.24, 2.45) is 0 Å². The van der Waals surface area contributed by atoms with E-state index in [1.165, 1.54) is 0 Å². The van der Waals surface area contributed by atoms with Gasteiger partial charge in [-0.1, -0.05) is 0 Å². The highest BCUT2D eigenvalue weighted by Gasteiger charge is 2.39. The van der Waals surface area contributed by atoms with Crippen LogP contribution in [-0.2, 0) is 28.5 Å². The summed E-state index contributed by atoms with van der Waals surface area (Å²) in [5, 5.41) is 5.23. The van der Waals surface area contributed by atoms with Crippen molar-refractivity contribution < 1.29 is 38.1 Å². The maximum Gasteiger partial charge on any atom is 0.514 e. The fourth-order valence-corrected chi connectivity index (χ4v) is 2.63. The molecule has 10 heteroatoms. The molecule has 2 N–H and O–H groups in total. The Kier molecular flexibility index (Phi) is 7.25. The van der Waals surface area contributed by atoms with Crippen LogP contribution in [0.1, 0.15) is 40.5 Å². The van der Waals surface area contributed by atoms with Gasteiger partial charge in [0, 0.05) is 25.2 Å². The molecule has 2 aliphatic heterocycles. The number of nitrogens with one attached hydrogen (secondary N) is 2. The molecular formula is C20H26N2O8. The number of cyclic esters (lactones) is 4. The molecule has 0 aromatic heterocycles. The van der Waals surface area contributed by atoms with Crippen molar-refractivity contribution in [2.75, 3.05) is 13.1 Å². The number of hydrogen-bond acceptors (Lipinski definition) is 8. The van der Waals surface area contributed by atoms with Crippen molar-refractivity contribution in [1.82, 2.24) is 10.6 Å². The highest BCUT2D eigenvalue weighted by atomic mass is 16.8. The van der Waals surface area contributed by atoms with Gasteiger partial charge in [-0.2, -0.15) is 0 Å². The predicted molar refractivity (Wildman–Crippen MR) is 104 cm³/mol. The van der Waals surface area contributed by atoms with Crippen molar-refractivity contribution in [3.63, 3.8) is 0 Å². The minimum atomic E-state index is -0.822. The second-order valence-corrected chi connectivity index (χ2v) is 7.56. The van der Waals surface area contributed by atoms with Crippen LogP contribution in [0.3, 0.4) is 0 Å². The van der Waals surface area contributed by atoms with Gasteiger partial charge in [0.05, 0.1) is 0 Å². The van der Waals surface area contributed by atoms with Gasteiger partial charge in [-0.3, -0.25) is 9.59 Å². The Hall–Kier alpha value is -3.30. The summed E-state index contributed by atoms with van der Waals surface area (Å²) in [6.07, 6.45) is 4.96. The summed E-state index contributed by atoms with van der Waals surface area (Å²) in [5.74, 6) is -0.0642. The van der Waals surface area contributed by atoms with Gasteiger partial charge in [-0.05, 0) is 52.7 Å². The van der Waals surface area contributed by atoms with Gasteiger partial charge in [-0.15, -0.1) is 0 Å². The van der Waals surface area contributed by atoms with Crippen molar-refractivity contribution in [3.8, 4) is 0 Å². The molecular weight excluding hydrogens is 396 g/mol. The second kappa shape index (κ2) is 9.47. The van der Waals surface area contributed by atoms with E-state index in [4.69, 9.17) is 18.9 Å². The quantitative estimate of drug-likeness (QED) is 0.346. The summed E-state index contributed by atoms with van der Waals surface area (Å²) in [5.41, 5.74) is -1.64. The zero-order valence-corrected chi connectivity index (χ0v) is 17.4. The maximum absolute atomic E-state index is 11.7. The zero-order valence-electron chi connectivity index (χ0n) is 17.4. The molecule has 10 nitrogen and oxygen atoms in total. The first kappa shape index (κ1) is 23.0. The molecule has 0 spiro atoms. The van der Waals surface area contributed by atoms with E-state index in [0.717, 1.165) is 12.2 Å². The minimum absolute atomic E-state index is 0.298. The van der Waals surface area contributed by atoms with E-state index in [2.05, 4.69) is 10.6 Å². The summed E-state index contributed by atoms with van der Waals surface area (Å²) >= 11 is 0. The molecule has 0 bridgehead atoms. The molecule has 0 aromatic rings. The van der Waals surface area contributed by atoms with Gasteiger partial charge in [0.2, 0.25) is 11.8 Å². The second-order valence-electron chi connectivity index (χ2n) is 7.56. The third-order valence-electron chi connectivity index (χ3n) is 4.18. The first-order chi connectivity index (χ1) is 14.0. The molecule has 2 heterocycles. The van der Waals surface area contributed by atoms with Crippen molar-refractivity contribution in [2.45, 2.75) is 51.7 Å². The molecule has 0 radical (unpaired) electrons. The first-order valence-corrected chi connectivity index (χ1v) is 9.46. The number of ether oxygens (including phenoxy) is 4. The molecule has 0 unspecified atom stereocenters. The third kappa shape index (κ3) is 6.64. The van der Waals surface area contributed by atoms with Gasteiger partial charge in [0.1, 0.15) is 0 Å². The SMILES string of the molecule is CC1(C)OC(=O)OC1=CCCNC(=O)/C=C/C(=O)NCCC=C1OC(=O)OC1(C)C. The van der Waals surface area contributed by atoms with E-state index < -0.39 is 35.3 Å². The number of rotatable bonds is 8. The number of amides is 2. The maximum atomic E-state index is 11.7. The standard InChI is InChI=1S/C20H26N2O8/c1-19(2)13(27-17(25)29-19)7-5-11-21-15(23)9-10-16(24)22-12-6-8-14-20(3,4)30-18(26)28-14/h7-10H,5-6,11-12H2,1-4H3,(H,21,23)(H,22,24)/b10-9+,13-7?,14-8?. The summed E-state index contributed by atoms with van der Waals surface area (Å²) in [4.78, 5) is 45.8. The zero-order chi connectivity index (χ0) is 22.4. The van der Waals surface area contributed by atoms with Crippen LogP contribution in [0.5, 0.6) is 0 Å². The van der Waals surface area contributed by atoms with Crippen LogP contribution in [0.2, 0.25) is 0 Å². The van der Waals surface area contributed by atoms with Gasteiger partial charge >= 0.3 is 12.3 Å². The van der Waals surface area contributed by atoms with Crippen LogP contribution in [-0.4, -0.2) is 48.4 Å². The van der Waals surface area contributed by atoms with Crippen LogP contribution in [0, 0.1) is 0 Å². The van der Waals surface area contributed by atoms with Crippen molar-refractivity contribution >= 4 is 24.1 Å². The smallest absolute Gasteiger partial charge is 0.420 e. The Morgan fingerprint density at radius 2 is 1.13 bits per heavy atom. The molecule has 2 aliphatic rings.